The van der Waals surface area contributed by atoms with Gasteiger partial charge in [0.15, 0.2) is 0 Å². The molecule has 0 aliphatic carbocycles. The van der Waals surface area contributed by atoms with Gasteiger partial charge in [-0.05, 0) is 54.8 Å². The van der Waals surface area contributed by atoms with Crippen LogP contribution in [0.1, 0.15) is 28.8 Å². The van der Waals surface area contributed by atoms with E-state index in [1.54, 1.807) is 19.1 Å². The normalized spacial score (nSPS) is 16.9. The molecule has 3 rings (SSSR count). The van der Waals surface area contributed by atoms with Gasteiger partial charge in [-0.25, -0.2) is 4.39 Å². The number of piperidine rings is 1. The zero-order valence-electron chi connectivity index (χ0n) is 15.6. The van der Waals surface area contributed by atoms with Gasteiger partial charge in [0.2, 0.25) is 0 Å². The largest absolute Gasteiger partial charge is 0.497 e. The fourth-order valence-corrected chi connectivity index (χ4v) is 3.20. The van der Waals surface area contributed by atoms with E-state index in [1.165, 1.54) is 24.3 Å². The number of hydrogen-bond donors (Lipinski definition) is 0. The molecule has 0 spiro atoms. The molecule has 27 heavy (non-hydrogen) atoms. The van der Waals surface area contributed by atoms with Crippen LogP contribution in [-0.4, -0.2) is 44.2 Å². The van der Waals surface area contributed by atoms with E-state index in [9.17, 15) is 9.18 Å². The second-order valence-corrected chi connectivity index (χ2v) is 6.55. The number of benzene rings is 2. The number of carbonyl (C=O) groups excluding carboxylic acids is 1. The second kappa shape index (κ2) is 8.86. The monoisotopic (exact) mass is 373 g/mol. The van der Waals surface area contributed by atoms with Crippen molar-refractivity contribution in [2.24, 2.45) is 0 Å². The van der Waals surface area contributed by atoms with Gasteiger partial charge in [-0.3, -0.25) is 4.79 Å². The Morgan fingerprint density at radius 3 is 2.41 bits per heavy atom. The first-order valence-electron chi connectivity index (χ1n) is 8.97. The molecule has 1 amide bonds. The number of halogens is 1. The highest BCUT2D eigenvalue weighted by Gasteiger charge is 2.25. The summed E-state index contributed by atoms with van der Waals surface area (Å²) in [5.74, 6) is 0.987. The highest BCUT2D eigenvalue weighted by atomic mass is 19.1. The highest BCUT2D eigenvalue weighted by molar-refractivity contribution is 5.94. The molecule has 144 valence electrons. The predicted molar refractivity (Wildman–Crippen MR) is 99.7 cm³/mol. The second-order valence-electron chi connectivity index (χ2n) is 6.55. The fraction of sp³-hybridized carbons (Fsp3) is 0.381. The Kier molecular flexibility index (Phi) is 6.29. The van der Waals surface area contributed by atoms with Crippen molar-refractivity contribution in [1.82, 2.24) is 4.90 Å². The van der Waals surface area contributed by atoms with Crippen molar-refractivity contribution in [3.8, 4) is 11.5 Å². The van der Waals surface area contributed by atoms with Gasteiger partial charge in [0, 0.05) is 24.7 Å². The van der Waals surface area contributed by atoms with Gasteiger partial charge < -0.3 is 19.1 Å². The van der Waals surface area contributed by atoms with Crippen LogP contribution in [0.15, 0.2) is 42.5 Å². The Labute approximate surface area is 158 Å². The van der Waals surface area contributed by atoms with Gasteiger partial charge in [-0.1, -0.05) is 0 Å². The lowest BCUT2D eigenvalue weighted by Crippen LogP contribution is -2.43. The summed E-state index contributed by atoms with van der Waals surface area (Å²) in [6.07, 6.45) is 1.73. The molecule has 0 saturated carbocycles. The van der Waals surface area contributed by atoms with Gasteiger partial charge in [0.1, 0.15) is 17.3 Å². The molecular formula is C21H24FNO4. The topological polar surface area (TPSA) is 48.0 Å². The standard InChI is InChI=1S/C21H24FNO4/c1-25-19-10-15(11-20(12-19)26-2)14-27-18-4-3-9-23(13-18)21(24)16-5-7-17(22)8-6-16/h5-8,10-12,18H,3-4,9,13-14H2,1-2H3. The number of hydrogen-bond acceptors (Lipinski definition) is 4. The number of ether oxygens (including phenoxy) is 3. The third-order valence-electron chi connectivity index (χ3n) is 4.65. The van der Waals surface area contributed by atoms with E-state index in [2.05, 4.69) is 0 Å². The zero-order valence-corrected chi connectivity index (χ0v) is 15.6. The number of rotatable bonds is 6. The summed E-state index contributed by atoms with van der Waals surface area (Å²) in [7, 11) is 3.22. The van der Waals surface area contributed by atoms with Gasteiger partial charge in [0.05, 0.1) is 26.9 Å². The molecule has 2 aromatic carbocycles. The highest BCUT2D eigenvalue weighted by Crippen LogP contribution is 2.24. The molecule has 2 aromatic rings. The van der Waals surface area contributed by atoms with Crippen molar-refractivity contribution < 1.29 is 23.4 Å². The third kappa shape index (κ3) is 4.98. The Hall–Kier alpha value is -2.60. The molecular weight excluding hydrogens is 349 g/mol. The first kappa shape index (κ1) is 19.2. The fourth-order valence-electron chi connectivity index (χ4n) is 3.20. The van der Waals surface area contributed by atoms with Crippen LogP contribution in [0.3, 0.4) is 0 Å². The predicted octanol–water partition coefficient (Wildman–Crippen LogP) is 3.66. The van der Waals surface area contributed by atoms with Crippen LogP contribution in [0.2, 0.25) is 0 Å². The summed E-state index contributed by atoms with van der Waals surface area (Å²) < 4.78 is 29.7. The molecule has 0 bridgehead atoms. The Bertz CT molecular complexity index is 756. The summed E-state index contributed by atoms with van der Waals surface area (Å²) in [5.41, 5.74) is 1.45. The first-order chi connectivity index (χ1) is 13.1. The summed E-state index contributed by atoms with van der Waals surface area (Å²) >= 11 is 0. The minimum Gasteiger partial charge on any atom is -0.497 e. The Morgan fingerprint density at radius 2 is 1.78 bits per heavy atom. The zero-order chi connectivity index (χ0) is 19.2. The minimum atomic E-state index is -0.347. The first-order valence-corrected chi connectivity index (χ1v) is 8.97. The molecule has 0 radical (unpaired) electrons. The number of nitrogens with zero attached hydrogens (tertiary/aromatic N) is 1. The average molecular weight is 373 g/mol. The Morgan fingerprint density at radius 1 is 1.11 bits per heavy atom. The smallest absolute Gasteiger partial charge is 0.253 e. The maximum atomic E-state index is 13.1. The molecule has 6 heteroatoms. The lowest BCUT2D eigenvalue weighted by atomic mass is 10.1. The number of carbonyl (C=O) groups is 1. The van der Waals surface area contributed by atoms with E-state index < -0.39 is 0 Å². The molecule has 1 aliphatic heterocycles. The third-order valence-corrected chi connectivity index (χ3v) is 4.65. The summed E-state index contributed by atoms with van der Waals surface area (Å²) in [6, 6.07) is 11.3. The quantitative estimate of drug-likeness (QED) is 0.775. The van der Waals surface area contributed by atoms with Crippen molar-refractivity contribution in [3.05, 3.63) is 59.4 Å². The van der Waals surface area contributed by atoms with E-state index in [0.717, 1.165) is 18.4 Å². The summed E-state index contributed by atoms with van der Waals surface area (Å²) in [4.78, 5) is 14.4. The maximum Gasteiger partial charge on any atom is 0.253 e. The lowest BCUT2D eigenvalue weighted by Gasteiger charge is -2.32. The van der Waals surface area contributed by atoms with E-state index in [1.807, 2.05) is 18.2 Å². The SMILES string of the molecule is COc1cc(COC2CCCN(C(=O)c3ccc(F)cc3)C2)cc(OC)c1. The van der Waals surface area contributed by atoms with Crippen LogP contribution in [0.5, 0.6) is 11.5 Å². The molecule has 1 heterocycles. The van der Waals surface area contributed by atoms with Gasteiger partial charge in [-0.2, -0.15) is 0 Å². The number of likely N-dealkylation sites (tertiary alicyclic amines) is 1. The molecule has 1 unspecified atom stereocenters. The minimum absolute atomic E-state index is 0.0413. The van der Waals surface area contributed by atoms with Gasteiger partial charge in [0.25, 0.3) is 5.91 Å². The van der Waals surface area contributed by atoms with E-state index >= 15 is 0 Å². The van der Waals surface area contributed by atoms with Crippen molar-refractivity contribution >= 4 is 5.91 Å². The summed E-state index contributed by atoms with van der Waals surface area (Å²) in [6.45, 7) is 1.62. The molecule has 5 nitrogen and oxygen atoms in total. The molecule has 0 N–H and O–H groups in total. The van der Waals surface area contributed by atoms with Crippen LogP contribution in [0, 0.1) is 5.82 Å². The molecule has 1 aliphatic rings. The van der Waals surface area contributed by atoms with Gasteiger partial charge in [-0.15, -0.1) is 0 Å². The van der Waals surface area contributed by atoms with E-state index in [0.29, 0.717) is 36.8 Å². The number of amides is 1. The van der Waals surface area contributed by atoms with Gasteiger partial charge >= 0.3 is 0 Å². The molecule has 1 saturated heterocycles. The lowest BCUT2D eigenvalue weighted by molar-refractivity contribution is -0.00681. The maximum absolute atomic E-state index is 13.1. The molecule has 1 atom stereocenters. The van der Waals surface area contributed by atoms with Crippen LogP contribution in [-0.2, 0) is 11.3 Å². The van der Waals surface area contributed by atoms with Crippen molar-refractivity contribution in [2.75, 3.05) is 27.3 Å². The van der Waals surface area contributed by atoms with Crippen molar-refractivity contribution in [2.45, 2.75) is 25.6 Å². The van der Waals surface area contributed by atoms with Crippen LogP contribution in [0.25, 0.3) is 0 Å². The average Bonchev–Trinajstić information content (AvgIpc) is 2.72. The number of methoxy groups -OCH3 is 2. The van der Waals surface area contributed by atoms with Crippen molar-refractivity contribution in [3.63, 3.8) is 0 Å². The Balaban J connectivity index is 1.60. The van der Waals surface area contributed by atoms with Crippen LogP contribution in [0.4, 0.5) is 4.39 Å². The summed E-state index contributed by atoms with van der Waals surface area (Å²) in [5, 5.41) is 0. The van der Waals surface area contributed by atoms with E-state index in [4.69, 9.17) is 14.2 Å². The van der Waals surface area contributed by atoms with Crippen LogP contribution < -0.4 is 9.47 Å². The molecule has 1 fully saturated rings. The van der Waals surface area contributed by atoms with Crippen molar-refractivity contribution in [1.29, 1.82) is 0 Å². The van der Waals surface area contributed by atoms with Crippen LogP contribution >= 0.6 is 0 Å². The van der Waals surface area contributed by atoms with E-state index in [-0.39, 0.29) is 17.8 Å². The molecule has 0 aromatic heterocycles.